The summed E-state index contributed by atoms with van der Waals surface area (Å²) < 4.78 is 4.98. The average Bonchev–Trinajstić information content (AvgIpc) is 3.04. The number of ether oxygens (including phenoxy) is 1. The van der Waals surface area contributed by atoms with Crippen molar-refractivity contribution in [1.82, 2.24) is 20.4 Å². The predicted molar refractivity (Wildman–Crippen MR) is 99.0 cm³/mol. The molecule has 0 saturated carbocycles. The standard InChI is InChI=1S/C19H17N5O5/c1-29-16-7-12(8-20-23-16)21-17(26)10-2-3-13-11(6-10)9-24(19(13)28)14-4-5-15(25)22-18(14)27/h2-3,6-8,14H,4-5,9H2,1H3,(H,21,23,26)(H,22,25,27). The van der Waals surface area contributed by atoms with E-state index < -0.39 is 11.9 Å². The van der Waals surface area contributed by atoms with E-state index in [2.05, 4.69) is 20.8 Å². The van der Waals surface area contributed by atoms with Gasteiger partial charge in [0.05, 0.1) is 19.0 Å². The molecule has 1 fully saturated rings. The van der Waals surface area contributed by atoms with Crippen LogP contribution in [-0.4, -0.2) is 51.9 Å². The number of piperidine rings is 1. The van der Waals surface area contributed by atoms with E-state index in [1.807, 2.05) is 0 Å². The summed E-state index contributed by atoms with van der Waals surface area (Å²) >= 11 is 0. The molecule has 1 saturated heterocycles. The number of benzene rings is 1. The van der Waals surface area contributed by atoms with Crippen molar-refractivity contribution in [3.8, 4) is 5.88 Å². The van der Waals surface area contributed by atoms with E-state index in [1.54, 1.807) is 18.2 Å². The Morgan fingerprint density at radius 1 is 1.28 bits per heavy atom. The zero-order chi connectivity index (χ0) is 20.5. The first-order chi connectivity index (χ1) is 14.0. The van der Waals surface area contributed by atoms with Gasteiger partial charge in [-0.05, 0) is 30.2 Å². The van der Waals surface area contributed by atoms with E-state index in [9.17, 15) is 19.2 Å². The van der Waals surface area contributed by atoms with Crippen LogP contribution in [0.25, 0.3) is 0 Å². The number of nitrogens with one attached hydrogen (secondary N) is 2. The van der Waals surface area contributed by atoms with Crippen molar-refractivity contribution >= 4 is 29.3 Å². The van der Waals surface area contributed by atoms with Crippen molar-refractivity contribution in [2.75, 3.05) is 12.4 Å². The molecule has 148 valence electrons. The predicted octanol–water partition coefficient (Wildman–Crippen LogP) is 0.498. The number of anilines is 1. The number of fused-ring (bicyclic) bond motifs is 1. The van der Waals surface area contributed by atoms with E-state index in [4.69, 9.17) is 4.74 Å². The molecule has 3 heterocycles. The zero-order valence-corrected chi connectivity index (χ0v) is 15.5. The molecule has 4 amide bonds. The molecule has 2 aliphatic rings. The van der Waals surface area contributed by atoms with Gasteiger partial charge in [0.1, 0.15) is 6.04 Å². The lowest BCUT2D eigenvalue weighted by atomic mass is 10.0. The van der Waals surface area contributed by atoms with Gasteiger partial charge in [0.2, 0.25) is 17.7 Å². The van der Waals surface area contributed by atoms with Gasteiger partial charge in [0, 0.05) is 30.2 Å². The molecule has 1 atom stereocenters. The topological polar surface area (TPSA) is 131 Å². The highest BCUT2D eigenvalue weighted by Crippen LogP contribution is 2.28. The van der Waals surface area contributed by atoms with Crippen molar-refractivity contribution in [1.29, 1.82) is 0 Å². The van der Waals surface area contributed by atoms with E-state index in [0.717, 1.165) is 0 Å². The second kappa shape index (κ2) is 7.30. The number of aromatic nitrogens is 2. The Labute approximate surface area is 165 Å². The van der Waals surface area contributed by atoms with Gasteiger partial charge >= 0.3 is 0 Å². The molecular weight excluding hydrogens is 378 g/mol. The van der Waals surface area contributed by atoms with Gasteiger partial charge in [-0.2, -0.15) is 5.10 Å². The number of hydrogen-bond acceptors (Lipinski definition) is 7. The third-order valence-corrected chi connectivity index (χ3v) is 4.88. The van der Waals surface area contributed by atoms with Crippen LogP contribution < -0.4 is 15.4 Å². The molecule has 10 nitrogen and oxygen atoms in total. The Bertz CT molecular complexity index is 1040. The number of amides is 4. The highest BCUT2D eigenvalue weighted by atomic mass is 16.5. The smallest absolute Gasteiger partial charge is 0.255 e. The molecule has 0 aliphatic carbocycles. The summed E-state index contributed by atoms with van der Waals surface area (Å²) in [5.41, 5.74) is 1.87. The number of rotatable bonds is 4. The number of hydrogen-bond donors (Lipinski definition) is 2. The van der Waals surface area contributed by atoms with Gasteiger partial charge in [0.25, 0.3) is 11.8 Å². The summed E-state index contributed by atoms with van der Waals surface area (Å²) in [6.07, 6.45) is 1.87. The number of nitrogens with zero attached hydrogens (tertiary/aromatic N) is 3. The van der Waals surface area contributed by atoms with Crippen LogP contribution >= 0.6 is 0 Å². The Hall–Kier alpha value is -3.82. The minimum absolute atomic E-state index is 0.188. The monoisotopic (exact) mass is 395 g/mol. The second-order valence-electron chi connectivity index (χ2n) is 6.71. The third kappa shape index (κ3) is 3.51. The first kappa shape index (κ1) is 18.5. The maximum atomic E-state index is 12.7. The first-order valence-corrected chi connectivity index (χ1v) is 8.92. The lowest BCUT2D eigenvalue weighted by molar-refractivity contribution is -0.136. The highest BCUT2D eigenvalue weighted by molar-refractivity contribution is 6.08. The van der Waals surface area contributed by atoms with Crippen molar-refractivity contribution in [2.45, 2.75) is 25.4 Å². The third-order valence-electron chi connectivity index (χ3n) is 4.88. The fraction of sp³-hybridized carbons (Fsp3) is 0.263. The fourth-order valence-corrected chi connectivity index (χ4v) is 3.43. The number of carbonyl (C=O) groups is 4. The molecule has 10 heteroatoms. The molecule has 4 rings (SSSR count). The van der Waals surface area contributed by atoms with Crippen LogP contribution in [0.1, 0.15) is 39.1 Å². The van der Waals surface area contributed by atoms with Gasteiger partial charge in [-0.3, -0.25) is 24.5 Å². The lowest BCUT2D eigenvalue weighted by Gasteiger charge is -2.29. The van der Waals surface area contributed by atoms with Gasteiger partial charge in [-0.15, -0.1) is 5.10 Å². The summed E-state index contributed by atoms with van der Waals surface area (Å²) in [4.78, 5) is 50.2. The van der Waals surface area contributed by atoms with Crippen LogP contribution in [-0.2, 0) is 16.1 Å². The summed E-state index contributed by atoms with van der Waals surface area (Å²) in [5, 5.41) is 12.4. The maximum Gasteiger partial charge on any atom is 0.255 e. The van der Waals surface area contributed by atoms with Gasteiger partial charge in [-0.25, -0.2) is 0 Å². The second-order valence-corrected chi connectivity index (χ2v) is 6.71. The van der Waals surface area contributed by atoms with Crippen molar-refractivity contribution in [3.63, 3.8) is 0 Å². The van der Waals surface area contributed by atoms with E-state index in [-0.39, 0.29) is 43.0 Å². The maximum absolute atomic E-state index is 12.7. The van der Waals surface area contributed by atoms with Crippen LogP contribution in [0.2, 0.25) is 0 Å². The average molecular weight is 395 g/mol. The Morgan fingerprint density at radius 3 is 2.86 bits per heavy atom. The molecule has 2 aromatic rings. The Morgan fingerprint density at radius 2 is 2.10 bits per heavy atom. The molecule has 0 bridgehead atoms. The minimum atomic E-state index is -0.694. The summed E-state index contributed by atoms with van der Waals surface area (Å²) in [5.74, 6) is -1.21. The Kier molecular flexibility index (Phi) is 4.67. The van der Waals surface area contributed by atoms with Crippen LogP contribution in [0.15, 0.2) is 30.5 Å². The van der Waals surface area contributed by atoms with Crippen molar-refractivity contribution in [2.24, 2.45) is 0 Å². The van der Waals surface area contributed by atoms with Gasteiger partial charge < -0.3 is 15.0 Å². The molecule has 1 aromatic heterocycles. The molecular formula is C19H17N5O5. The first-order valence-electron chi connectivity index (χ1n) is 8.92. The number of carbonyl (C=O) groups excluding carboxylic acids is 4. The van der Waals surface area contributed by atoms with E-state index >= 15 is 0 Å². The normalized spacial score (nSPS) is 18.3. The van der Waals surface area contributed by atoms with Gasteiger partial charge in [-0.1, -0.05) is 0 Å². The quantitative estimate of drug-likeness (QED) is 0.721. The molecule has 1 aromatic carbocycles. The van der Waals surface area contributed by atoms with Crippen LogP contribution in [0.4, 0.5) is 5.69 Å². The molecule has 1 unspecified atom stereocenters. The number of imide groups is 1. The summed E-state index contributed by atoms with van der Waals surface area (Å²) in [6, 6.07) is 5.59. The van der Waals surface area contributed by atoms with Crippen LogP contribution in [0, 0.1) is 0 Å². The molecule has 0 radical (unpaired) electrons. The largest absolute Gasteiger partial charge is 0.480 e. The zero-order valence-electron chi connectivity index (χ0n) is 15.5. The van der Waals surface area contributed by atoms with Crippen molar-refractivity contribution < 1.29 is 23.9 Å². The fourth-order valence-electron chi connectivity index (χ4n) is 3.43. The lowest BCUT2D eigenvalue weighted by Crippen LogP contribution is -2.52. The Balaban J connectivity index is 1.51. The molecule has 29 heavy (non-hydrogen) atoms. The van der Waals surface area contributed by atoms with Gasteiger partial charge in [0.15, 0.2) is 0 Å². The molecule has 2 N–H and O–H groups in total. The van der Waals surface area contributed by atoms with Crippen LogP contribution in [0.5, 0.6) is 5.88 Å². The van der Waals surface area contributed by atoms with Crippen molar-refractivity contribution in [3.05, 3.63) is 47.2 Å². The minimum Gasteiger partial charge on any atom is -0.480 e. The number of methoxy groups -OCH3 is 1. The van der Waals surface area contributed by atoms with E-state index in [0.29, 0.717) is 22.4 Å². The molecule has 0 spiro atoms. The summed E-state index contributed by atoms with van der Waals surface area (Å²) in [6.45, 7) is 0.201. The highest BCUT2D eigenvalue weighted by Gasteiger charge is 2.39. The van der Waals surface area contributed by atoms with E-state index in [1.165, 1.54) is 24.3 Å². The molecule has 2 aliphatic heterocycles. The SMILES string of the molecule is COc1cc(NC(=O)c2ccc3c(c2)CN(C2CCC(=O)NC2=O)C3=O)cnn1. The van der Waals surface area contributed by atoms with Crippen LogP contribution in [0.3, 0.4) is 0 Å². The summed E-state index contributed by atoms with van der Waals surface area (Å²) in [7, 11) is 1.45.